The molecule has 1 amide bonds. The van der Waals surface area contributed by atoms with Gasteiger partial charge in [0, 0.05) is 12.4 Å². The highest BCUT2D eigenvalue weighted by atomic mass is 16.5. The largest absolute Gasteiger partial charge is 0.496 e. The van der Waals surface area contributed by atoms with Crippen molar-refractivity contribution in [3.63, 3.8) is 0 Å². The second-order valence-corrected chi connectivity index (χ2v) is 5.66. The highest BCUT2D eigenvalue weighted by Gasteiger charge is 2.13. The van der Waals surface area contributed by atoms with Gasteiger partial charge in [-0.15, -0.1) is 0 Å². The van der Waals surface area contributed by atoms with Gasteiger partial charge in [0.2, 0.25) is 0 Å². The normalized spacial score (nSPS) is 10.3. The molecule has 3 rings (SSSR count). The Morgan fingerprint density at radius 3 is 2.56 bits per heavy atom. The molecule has 7 heteroatoms. The van der Waals surface area contributed by atoms with Crippen LogP contribution in [0.1, 0.15) is 15.9 Å². The van der Waals surface area contributed by atoms with Crippen molar-refractivity contribution in [1.29, 1.82) is 0 Å². The van der Waals surface area contributed by atoms with Gasteiger partial charge in [0.05, 0.1) is 18.4 Å². The first-order valence-electron chi connectivity index (χ1n) is 8.33. The van der Waals surface area contributed by atoms with E-state index in [2.05, 4.69) is 10.4 Å². The number of ether oxygens (including phenoxy) is 2. The van der Waals surface area contributed by atoms with Crippen LogP contribution in [-0.2, 0) is 16.1 Å². The molecule has 2 aromatic carbocycles. The summed E-state index contributed by atoms with van der Waals surface area (Å²) in [6, 6.07) is 16.1. The minimum absolute atomic E-state index is 0.128. The summed E-state index contributed by atoms with van der Waals surface area (Å²) in [6.07, 6.45) is 3.55. The molecule has 0 fully saturated rings. The number of nitrogens with zero attached hydrogens (tertiary/aromatic N) is 2. The van der Waals surface area contributed by atoms with Gasteiger partial charge in [0.1, 0.15) is 18.9 Å². The molecule has 1 heterocycles. The van der Waals surface area contributed by atoms with Gasteiger partial charge < -0.3 is 14.8 Å². The van der Waals surface area contributed by atoms with Crippen LogP contribution in [-0.4, -0.2) is 35.3 Å². The second-order valence-electron chi connectivity index (χ2n) is 5.66. The Labute approximate surface area is 156 Å². The zero-order chi connectivity index (χ0) is 19.1. The van der Waals surface area contributed by atoms with E-state index < -0.39 is 11.9 Å². The molecule has 0 radical (unpaired) electrons. The molecule has 7 nitrogen and oxygen atoms in total. The van der Waals surface area contributed by atoms with Crippen LogP contribution >= 0.6 is 0 Å². The van der Waals surface area contributed by atoms with Crippen molar-refractivity contribution in [2.75, 3.05) is 13.7 Å². The van der Waals surface area contributed by atoms with Gasteiger partial charge >= 0.3 is 5.97 Å². The van der Waals surface area contributed by atoms with Crippen LogP contribution in [0.3, 0.4) is 0 Å². The summed E-state index contributed by atoms with van der Waals surface area (Å²) in [6.45, 7) is -0.0923. The van der Waals surface area contributed by atoms with Crippen LogP contribution in [0, 0.1) is 0 Å². The van der Waals surface area contributed by atoms with Crippen LogP contribution in [0.4, 0.5) is 0 Å². The molecule has 0 saturated heterocycles. The average Bonchev–Trinajstić information content (AvgIpc) is 3.25. The van der Waals surface area contributed by atoms with Crippen LogP contribution in [0.5, 0.6) is 5.75 Å². The molecule has 0 bridgehead atoms. The number of amides is 1. The number of hydrogen-bond donors (Lipinski definition) is 1. The summed E-state index contributed by atoms with van der Waals surface area (Å²) < 4.78 is 12.1. The minimum Gasteiger partial charge on any atom is -0.496 e. The highest BCUT2D eigenvalue weighted by molar-refractivity contribution is 5.98. The number of aromatic nitrogens is 2. The van der Waals surface area contributed by atoms with Crippen molar-refractivity contribution in [3.05, 3.63) is 78.1 Å². The Morgan fingerprint density at radius 2 is 1.85 bits per heavy atom. The van der Waals surface area contributed by atoms with E-state index in [9.17, 15) is 9.59 Å². The molecule has 0 saturated carbocycles. The number of methoxy groups -OCH3 is 1. The third kappa shape index (κ3) is 4.72. The molecule has 0 aliphatic rings. The third-order valence-electron chi connectivity index (χ3n) is 3.85. The lowest BCUT2D eigenvalue weighted by Gasteiger charge is -2.09. The van der Waals surface area contributed by atoms with Gasteiger partial charge in [0.25, 0.3) is 5.91 Å². The molecule has 138 valence electrons. The van der Waals surface area contributed by atoms with Crippen LogP contribution in [0.15, 0.2) is 67.0 Å². The molecule has 0 aliphatic heterocycles. The summed E-state index contributed by atoms with van der Waals surface area (Å²) in [7, 11) is 1.48. The van der Waals surface area contributed by atoms with Gasteiger partial charge in [-0.05, 0) is 35.9 Å². The van der Waals surface area contributed by atoms with Crippen molar-refractivity contribution >= 4 is 11.9 Å². The zero-order valence-corrected chi connectivity index (χ0v) is 14.8. The Bertz CT molecular complexity index is 905. The average molecular weight is 365 g/mol. The van der Waals surface area contributed by atoms with E-state index >= 15 is 0 Å². The number of rotatable bonds is 7. The Kier molecular flexibility index (Phi) is 5.84. The van der Waals surface area contributed by atoms with E-state index in [1.165, 1.54) is 7.11 Å². The van der Waals surface area contributed by atoms with Gasteiger partial charge in [0.15, 0.2) is 0 Å². The van der Waals surface area contributed by atoms with Gasteiger partial charge in [-0.3, -0.25) is 9.59 Å². The Hall–Kier alpha value is -3.61. The lowest BCUT2D eigenvalue weighted by Crippen LogP contribution is -2.30. The second kappa shape index (κ2) is 8.66. The van der Waals surface area contributed by atoms with Crippen LogP contribution in [0.2, 0.25) is 0 Å². The Morgan fingerprint density at radius 1 is 1.07 bits per heavy atom. The third-order valence-corrected chi connectivity index (χ3v) is 3.85. The summed E-state index contributed by atoms with van der Waals surface area (Å²) in [5.74, 6) is -0.469. The van der Waals surface area contributed by atoms with Crippen molar-refractivity contribution < 1.29 is 19.1 Å². The van der Waals surface area contributed by atoms with Crippen molar-refractivity contribution in [2.24, 2.45) is 0 Å². The standard InChI is InChI=1S/C20H19N3O4/c1-26-18-6-3-2-5-17(18)20(25)21-13-19(24)27-14-15-7-9-16(10-8-15)23-12-4-11-22-23/h2-12H,13-14H2,1H3,(H,21,25). The van der Waals surface area contributed by atoms with Crippen molar-refractivity contribution in [1.82, 2.24) is 15.1 Å². The molecular weight excluding hydrogens is 346 g/mol. The molecule has 27 heavy (non-hydrogen) atoms. The monoisotopic (exact) mass is 365 g/mol. The number of esters is 1. The first kappa shape index (κ1) is 18.2. The first-order valence-corrected chi connectivity index (χ1v) is 8.33. The number of para-hydroxylation sites is 1. The summed E-state index contributed by atoms with van der Waals surface area (Å²) in [5.41, 5.74) is 2.12. The fourth-order valence-corrected chi connectivity index (χ4v) is 2.46. The lowest BCUT2D eigenvalue weighted by atomic mass is 10.2. The van der Waals surface area contributed by atoms with Gasteiger partial charge in [-0.1, -0.05) is 24.3 Å². The maximum atomic E-state index is 12.1. The zero-order valence-electron chi connectivity index (χ0n) is 14.8. The first-order chi connectivity index (χ1) is 13.2. The maximum Gasteiger partial charge on any atom is 0.325 e. The summed E-state index contributed by atoms with van der Waals surface area (Å²) in [5, 5.41) is 6.68. The number of nitrogens with one attached hydrogen (secondary N) is 1. The molecule has 3 aromatic rings. The predicted octanol–water partition coefficient (Wildman–Crippen LogP) is 2.35. The number of benzene rings is 2. The molecule has 0 aliphatic carbocycles. The topological polar surface area (TPSA) is 82.5 Å². The Balaban J connectivity index is 1.47. The van der Waals surface area contributed by atoms with Crippen LogP contribution < -0.4 is 10.1 Å². The number of carbonyl (C=O) groups excluding carboxylic acids is 2. The van der Waals surface area contributed by atoms with Crippen LogP contribution in [0.25, 0.3) is 5.69 Å². The summed E-state index contributed by atoms with van der Waals surface area (Å²) >= 11 is 0. The smallest absolute Gasteiger partial charge is 0.325 e. The lowest BCUT2D eigenvalue weighted by molar-refractivity contribution is -0.143. The van der Waals surface area contributed by atoms with E-state index in [-0.39, 0.29) is 13.2 Å². The van der Waals surface area contributed by atoms with Crippen molar-refractivity contribution in [2.45, 2.75) is 6.61 Å². The maximum absolute atomic E-state index is 12.1. The predicted molar refractivity (Wildman–Crippen MR) is 98.7 cm³/mol. The fraction of sp³-hybridized carbons (Fsp3) is 0.150. The van der Waals surface area contributed by atoms with E-state index in [0.717, 1.165) is 11.3 Å². The summed E-state index contributed by atoms with van der Waals surface area (Å²) in [4.78, 5) is 24.0. The van der Waals surface area contributed by atoms with E-state index in [1.807, 2.05) is 36.5 Å². The van der Waals surface area contributed by atoms with E-state index in [4.69, 9.17) is 9.47 Å². The fourth-order valence-electron chi connectivity index (χ4n) is 2.46. The van der Waals surface area contributed by atoms with Gasteiger partial charge in [-0.2, -0.15) is 5.10 Å². The molecule has 0 spiro atoms. The minimum atomic E-state index is -0.519. The van der Waals surface area contributed by atoms with E-state index in [0.29, 0.717) is 11.3 Å². The molecule has 0 unspecified atom stereocenters. The number of carbonyl (C=O) groups is 2. The highest BCUT2D eigenvalue weighted by Crippen LogP contribution is 2.16. The quantitative estimate of drug-likeness (QED) is 0.650. The molecular formula is C20H19N3O4. The number of hydrogen-bond acceptors (Lipinski definition) is 5. The molecule has 1 aromatic heterocycles. The van der Waals surface area contributed by atoms with Gasteiger partial charge in [-0.25, -0.2) is 4.68 Å². The SMILES string of the molecule is COc1ccccc1C(=O)NCC(=O)OCc1ccc(-n2cccn2)cc1. The molecule has 0 atom stereocenters. The van der Waals surface area contributed by atoms with Crippen molar-refractivity contribution in [3.8, 4) is 11.4 Å². The van der Waals surface area contributed by atoms with E-state index in [1.54, 1.807) is 35.1 Å². The molecule has 1 N–H and O–H groups in total.